The Hall–Kier alpha value is -2.38. The Balaban J connectivity index is 1.67. The first-order valence-corrected chi connectivity index (χ1v) is 9.14. The van der Waals surface area contributed by atoms with Crippen LogP contribution in [0, 0.1) is 19.8 Å². The number of rotatable bonds is 2. The van der Waals surface area contributed by atoms with Crippen molar-refractivity contribution in [3.63, 3.8) is 0 Å². The van der Waals surface area contributed by atoms with Gasteiger partial charge in [0.05, 0.1) is 11.0 Å². The third kappa shape index (κ3) is 3.44. The smallest absolute Gasteiger partial charge is 0.351 e. The van der Waals surface area contributed by atoms with E-state index in [1.54, 1.807) is 21.9 Å². The van der Waals surface area contributed by atoms with Crippen LogP contribution in [0.25, 0.3) is 11.0 Å². The lowest BCUT2D eigenvalue weighted by Crippen LogP contribution is -2.50. The first kappa shape index (κ1) is 18.0. The molecule has 8 heteroatoms. The third-order valence-electron chi connectivity index (χ3n) is 5.35. The molecule has 0 radical (unpaired) electrons. The van der Waals surface area contributed by atoms with Crippen molar-refractivity contribution < 1.29 is 18.0 Å². The molecule has 1 saturated carbocycles. The van der Waals surface area contributed by atoms with Crippen LogP contribution in [-0.4, -0.2) is 47.0 Å². The molecule has 144 valence electrons. The minimum atomic E-state index is -4.59. The van der Waals surface area contributed by atoms with Gasteiger partial charge in [-0.05, 0) is 49.9 Å². The van der Waals surface area contributed by atoms with Gasteiger partial charge < -0.3 is 9.80 Å². The molecule has 2 heterocycles. The lowest BCUT2D eigenvalue weighted by atomic mass is 10.1. The SMILES string of the molecule is Cc1cc2nc(N3CCN(C(=O)C4CC4)CC3)c(C(F)(F)F)nc2cc1C. The van der Waals surface area contributed by atoms with Gasteiger partial charge in [0.1, 0.15) is 0 Å². The first-order valence-electron chi connectivity index (χ1n) is 9.14. The predicted octanol–water partition coefficient (Wildman–Crippen LogP) is 3.32. The van der Waals surface area contributed by atoms with Crippen molar-refractivity contribution >= 4 is 22.8 Å². The van der Waals surface area contributed by atoms with Gasteiger partial charge >= 0.3 is 6.18 Å². The highest BCUT2D eigenvalue weighted by atomic mass is 19.4. The third-order valence-corrected chi connectivity index (χ3v) is 5.35. The van der Waals surface area contributed by atoms with Crippen LogP contribution in [0.1, 0.15) is 29.7 Å². The maximum atomic E-state index is 13.6. The van der Waals surface area contributed by atoms with Crippen molar-refractivity contribution in [3.05, 3.63) is 29.0 Å². The van der Waals surface area contributed by atoms with E-state index in [1.807, 2.05) is 13.8 Å². The van der Waals surface area contributed by atoms with E-state index in [9.17, 15) is 18.0 Å². The number of benzene rings is 1. The fourth-order valence-electron chi connectivity index (χ4n) is 3.44. The molecule has 1 aliphatic carbocycles. The highest BCUT2D eigenvalue weighted by Crippen LogP contribution is 2.36. The fourth-order valence-corrected chi connectivity index (χ4v) is 3.44. The Kier molecular flexibility index (Phi) is 4.24. The van der Waals surface area contributed by atoms with Crippen molar-refractivity contribution in [3.8, 4) is 0 Å². The summed E-state index contributed by atoms with van der Waals surface area (Å²) >= 11 is 0. The predicted molar refractivity (Wildman–Crippen MR) is 95.5 cm³/mol. The number of fused-ring (bicyclic) bond motifs is 1. The number of anilines is 1. The molecule has 27 heavy (non-hydrogen) atoms. The average Bonchev–Trinajstić information content (AvgIpc) is 3.46. The number of carbonyl (C=O) groups is 1. The van der Waals surface area contributed by atoms with Gasteiger partial charge in [-0.2, -0.15) is 13.2 Å². The Bertz CT molecular complexity index is 900. The van der Waals surface area contributed by atoms with Gasteiger partial charge in [0.2, 0.25) is 5.91 Å². The van der Waals surface area contributed by atoms with Crippen LogP contribution in [-0.2, 0) is 11.0 Å². The van der Waals surface area contributed by atoms with Crippen LogP contribution in [0.3, 0.4) is 0 Å². The van der Waals surface area contributed by atoms with E-state index in [4.69, 9.17) is 0 Å². The molecule has 1 aromatic heterocycles. The summed E-state index contributed by atoms with van der Waals surface area (Å²) < 4.78 is 40.9. The van der Waals surface area contributed by atoms with Gasteiger partial charge in [-0.25, -0.2) is 9.97 Å². The molecular weight excluding hydrogens is 357 g/mol. The van der Waals surface area contributed by atoms with Gasteiger partial charge in [0, 0.05) is 32.1 Å². The molecule has 2 fully saturated rings. The van der Waals surface area contributed by atoms with Crippen LogP contribution < -0.4 is 4.90 Å². The Labute approximate surface area is 155 Å². The summed E-state index contributed by atoms with van der Waals surface area (Å²) in [6, 6.07) is 3.41. The molecule has 1 saturated heterocycles. The summed E-state index contributed by atoms with van der Waals surface area (Å²) in [5.41, 5.74) is 1.58. The summed E-state index contributed by atoms with van der Waals surface area (Å²) in [5, 5.41) is 0. The second kappa shape index (κ2) is 6.35. The number of piperazine rings is 1. The van der Waals surface area contributed by atoms with Crippen LogP contribution in [0.4, 0.5) is 19.0 Å². The van der Waals surface area contributed by atoms with Gasteiger partial charge in [-0.3, -0.25) is 4.79 Å². The number of aromatic nitrogens is 2. The number of amides is 1. The summed E-state index contributed by atoms with van der Waals surface area (Å²) in [5.74, 6) is 0.104. The summed E-state index contributed by atoms with van der Waals surface area (Å²) in [6.07, 6.45) is -2.74. The van der Waals surface area contributed by atoms with Gasteiger partial charge in [0.25, 0.3) is 0 Å². The van der Waals surface area contributed by atoms with Crippen molar-refractivity contribution in [1.29, 1.82) is 0 Å². The molecule has 2 aromatic rings. The van der Waals surface area contributed by atoms with Crippen molar-refractivity contribution in [2.75, 3.05) is 31.1 Å². The largest absolute Gasteiger partial charge is 0.437 e. The van der Waals surface area contributed by atoms with Gasteiger partial charge in [0.15, 0.2) is 11.5 Å². The quantitative estimate of drug-likeness (QED) is 0.804. The normalized spacial score (nSPS) is 18.3. The number of aryl methyl sites for hydroxylation is 2. The maximum absolute atomic E-state index is 13.6. The van der Waals surface area contributed by atoms with Crippen LogP contribution in [0.15, 0.2) is 12.1 Å². The number of hydrogen-bond acceptors (Lipinski definition) is 4. The van der Waals surface area contributed by atoms with E-state index in [0.717, 1.165) is 24.0 Å². The zero-order chi connectivity index (χ0) is 19.3. The molecular formula is C19H21F3N4O. The van der Waals surface area contributed by atoms with E-state index in [-0.39, 0.29) is 23.2 Å². The molecule has 2 aliphatic rings. The standard InChI is InChI=1S/C19H21F3N4O/c1-11-9-14-15(10-12(11)2)24-17(16(23-14)19(20,21)22)25-5-7-26(8-6-25)18(27)13-3-4-13/h9-10,13H,3-8H2,1-2H3. The minimum Gasteiger partial charge on any atom is -0.351 e. The molecule has 1 aliphatic heterocycles. The second-order valence-electron chi connectivity index (χ2n) is 7.41. The van der Waals surface area contributed by atoms with E-state index in [0.29, 0.717) is 31.7 Å². The number of hydrogen-bond donors (Lipinski definition) is 0. The molecule has 0 spiro atoms. The molecule has 1 aromatic carbocycles. The van der Waals surface area contributed by atoms with E-state index in [1.165, 1.54) is 0 Å². The Morgan fingerprint density at radius 2 is 1.56 bits per heavy atom. The van der Waals surface area contributed by atoms with E-state index >= 15 is 0 Å². The van der Waals surface area contributed by atoms with Crippen LogP contribution in [0.5, 0.6) is 0 Å². The molecule has 0 N–H and O–H groups in total. The number of carbonyl (C=O) groups excluding carboxylic acids is 1. The van der Waals surface area contributed by atoms with Gasteiger partial charge in [-0.1, -0.05) is 0 Å². The molecule has 0 unspecified atom stereocenters. The van der Waals surface area contributed by atoms with Crippen molar-refractivity contribution in [1.82, 2.24) is 14.9 Å². The highest BCUT2D eigenvalue weighted by molar-refractivity contribution is 5.81. The van der Waals surface area contributed by atoms with Gasteiger partial charge in [-0.15, -0.1) is 0 Å². The first-order chi connectivity index (χ1) is 12.7. The number of halogens is 3. The lowest BCUT2D eigenvalue weighted by molar-refractivity contribution is -0.141. The Morgan fingerprint density at radius 1 is 1.00 bits per heavy atom. The zero-order valence-electron chi connectivity index (χ0n) is 15.3. The molecule has 0 bridgehead atoms. The maximum Gasteiger partial charge on any atom is 0.437 e. The summed E-state index contributed by atoms with van der Waals surface area (Å²) in [4.78, 5) is 23.8. The monoisotopic (exact) mass is 378 g/mol. The lowest BCUT2D eigenvalue weighted by Gasteiger charge is -2.36. The second-order valence-corrected chi connectivity index (χ2v) is 7.41. The summed E-state index contributed by atoms with van der Waals surface area (Å²) in [7, 11) is 0. The average molecular weight is 378 g/mol. The minimum absolute atomic E-state index is 0.119. The van der Waals surface area contributed by atoms with Crippen LogP contribution in [0.2, 0.25) is 0 Å². The molecule has 1 amide bonds. The van der Waals surface area contributed by atoms with Crippen LogP contribution >= 0.6 is 0 Å². The number of alkyl halides is 3. The van der Waals surface area contributed by atoms with E-state index in [2.05, 4.69) is 9.97 Å². The molecule has 0 atom stereocenters. The van der Waals surface area contributed by atoms with Crippen molar-refractivity contribution in [2.24, 2.45) is 5.92 Å². The van der Waals surface area contributed by atoms with E-state index < -0.39 is 11.9 Å². The van der Waals surface area contributed by atoms with Crippen molar-refractivity contribution in [2.45, 2.75) is 32.9 Å². The zero-order valence-corrected chi connectivity index (χ0v) is 15.3. The fraction of sp³-hybridized carbons (Fsp3) is 0.526. The topological polar surface area (TPSA) is 49.3 Å². The number of nitrogens with zero attached hydrogens (tertiary/aromatic N) is 4. The molecule has 4 rings (SSSR count). The Morgan fingerprint density at radius 3 is 2.07 bits per heavy atom. The highest BCUT2D eigenvalue weighted by Gasteiger charge is 2.40. The summed E-state index contributed by atoms with van der Waals surface area (Å²) in [6.45, 7) is 5.22. The molecule has 5 nitrogen and oxygen atoms in total.